The number of hydrogen-bond acceptors (Lipinski definition) is 6. The predicted octanol–water partition coefficient (Wildman–Crippen LogP) is 4.16. The summed E-state index contributed by atoms with van der Waals surface area (Å²) < 4.78 is 24.2. The van der Waals surface area contributed by atoms with Gasteiger partial charge in [0.2, 0.25) is 0 Å². The van der Waals surface area contributed by atoms with Crippen LogP contribution < -0.4 is 19.6 Å². The van der Waals surface area contributed by atoms with Crippen molar-refractivity contribution in [2.24, 2.45) is 0 Å². The zero-order chi connectivity index (χ0) is 22.3. The van der Waals surface area contributed by atoms with Gasteiger partial charge in [0.25, 0.3) is 0 Å². The van der Waals surface area contributed by atoms with Crippen LogP contribution in [0.15, 0.2) is 0 Å². The molecule has 0 radical (unpaired) electrons. The minimum absolute atomic E-state index is 0.159. The average molecular weight is 512 g/mol. The highest BCUT2D eigenvalue weighted by molar-refractivity contribution is 7.50. The molecule has 0 aliphatic rings. The number of hydrogen-bond donors (Lipinski definition) is 0. The van der Waals surface area contributed by atoms with E-state index < -0.39 is 45.6 Å². The molecular formula is C16H20Cl4O6P2-4. The van der Waals surface area contributed by atoms with E-state index in [1.165, 1.54) is 27.7 Å². The van der Waals surface area contributed by atoms with Crippen LogP contribution in [-0.2, 0) is 19.4 Å². The van der Waals surface area contributed by atoms with Crippen LogP contribution in [0.3, 0.4) is 0 Å². The van der Waals surface area contributed by atoms with Gasteiger partial charge in [-0.2, -0.15) is 0 Å². The molecule has 12 heteroatoms. The zero-order valence-electron chi connectivity index (χ0n) is 15.7. The van der Waals surface area contributed by atoms with Gasteiger partial charge in [0.05, 0.1) is 20.1 Å². The zero-order valence-corrected chi connectivity index (χ0v) is 20.5. The van der Waals surface area contributed by atoms with Crippen molar-refractivity contribution in [3.05, 3.63) is 31.2 Å². The fraction of sp³-hybridized carbons (Fsp3) is 0.625. The van der Waals surface area contributed by atoms with Crippen LogP contribution >= 0.6 is 61.6 Å². The summed E-state index contributed by atoms with van der Waals surface area (Å²) in [6, 6.07) is 0. The molecule has 0 spiro atoms. The molecule has 0 amide bonds. The molecule has 0 aliphatic heterocycles. The second-order valence-corrected chi connectivity index (χ2v) is 11.7. The molecule has 0 saturated carbocycles. The van der Waals surface area contributed by atoms with Crippen molar-refractivity contribution < 1.29 is 28.7 Å². The van der Waals surface area contributed by atoms with Gasteiger partial charge in [0.15, 0.2) is 0 Å². The fourth-order valence-electron chi connectivity index (χ4n) is 3.70. The third kappa shape index (κ3) is 3.96. The molecule has 0 N–H and O–H groups in total. The van der Waals surface area contributed by atoms with Gasteiger partial charge in [-0.1, -0.05) is 89.3 Å². The molecule has 1 aromatic carbocycles. The van der Waals surface area contributed by atoms with Crippen LogP contribution in [0.2, 0.25) is 20.1 Å². The molecule has 1 aromatic rings. The first-order valence-corrected chi connectivity index (χ1v) is 13.1. The Bertz CT molecular complexity index is 742. The lowest BCUT2D eigenvalue weighted by Gasteiger charge is -2.52. The summed E-state index contributed by atoms with van der Waals surface area (Å²) >= 11 is 25.3. The summed E-state index contributed by atoms with van der Waals surface area (Å²) in [5.74, 6) is 0. The fourth-order valence-corrected chi connectivity index (χ4v) is 8.09. The molecule has 0 unspecified atom stereocenters. The van der Waals surface area contributed by atoms with E-state index in [1.54, 1.807) is 0 Å². The standard InChI is InChI=1S/C16H24Cl4O6P2/c1-5-15(6-2,27(21,22)23)9-11(17)13(19)10(14(20)12(9)18)16(7-3,8-4)28(24,25)26/h5-8H2,1-4H3,(H2,21,22,23)(H2,24,25,26)/p-4. The van der Waals surface area contributed by atoms with E-state index in [2.05, 4.69) is 0 Å². The normalized spacial score (nSPS) is 13.9. The Morgan fingerprint density at radius 1 is 0.607 bits per heavy atom. The second-order valence-electron chi connectivity index (χ2n) is 6.48. The second kappa shape index (κ2) is 9.04. The predicted molar refractivity (Wildman–Crippen MR) is 106 cm³/mol. The Hall–Kier alpha value is 0.680. The van der Waals surface area contributed by atoms with Crippen LogP contribution in [0, 0.1) is 0 Å². The van der Waals surface area contributed by atoms with Gasteiger partial charge >= 0.3 is 0 Å². The first kappa shape index (κ1) is 26.7. The smallest absolute Gasteiger partial charge is 0.0652 e. The summed E-state index contributed by atoms with van der Waals surface area (Å²) in [5.41, 5.74) is -0.554. The lowest BCUT2D eigenvalue weighted by Crippen LogP contribution is -2.38. The first-order valence-electron chi connectivity index (χ1n) is 8.54. The minimum atomic E-state index is -5.29. The van der Waals surface area contributed by atoms with Gasteiger partial charge in [-0.25, -0.2) is 0 Å². The lowest BCUT2D eigenvalue weighted by molar-refractivity contribution is -0.323. The summed E-state index contributed by atoms with van der Waals surface area (Å²) in [7, 11) is -10.6. The van der Waals surface area contributed by atoms with Crippen molar-refractivity contribution in [2.75, 3.05) is 0 Å². The molecule has 0 heterocycles. The molecular weight excluding hydrogens is 492 g/mol. The maximum Gasteiger partial charge on any atom is 0.0652 e. The highest BCUT2D eigenvalue weighted by atomic mass is 35.5. The van der Waals surface area contributed by atoms with Gasteiger partial charge in [-0.05, 0) is 25.7 Å². The van der Waals surface area contributed by atoms with Crippen molar-refractivity contribution in [2.45, 2.75) is 63.7 Å². The monoisotopic (exact) mass is 510 g/mol. The SMILES string of the molecule is CCC(CC)(c1c(Cl)c(Cl)c(C(CC)(CC)P(=O)([O-])[O-])c(Cl)c1Cl)P(=O)([O-])[O-]. The number of halogens is 4. The largest absolute Gasteiger partial charge is 0.810 e. The number of rotatable bonds is 8. The van der Waals surface area contributed by atoms with E-state index in [-0.39, 0.29) is 36.8 Å². The topological polar surface area (TPSA) is 126 Å². The summed E-state index contributed by atoms with van der Waals surface area (Å²) in [4.78, 5) is 48.5. The highest BCUT2D eigenvalue weighted by Gasteiger charge is 2.43. The van der Waals surface area contributed by atoms with Crippen molar-refractivity contribution in [3.8, 4) is 0 Å². The van der Waals surface area contributed by atoms with Crippen LogP contribution in [0.5, 0.6) is 0 Å². The molecule has 0 fully saturated rings. The van der Waals surface area contributed by atoms with E-state index >= 15 is 0 Å². The summed E-state index contributed by atoms with van der Waals surface area (Å²) in [5, 5.41) is -5.59. The highest BCUT2D eigenvalue weighted by Crippen LogP contribution is 2.65. The quantitative estimate of drug-likeness (QED) is 0.381. The van der Waals surface area contributed by atoms with Gasteiger partial charge in [-0.15, -0.1) is 0 Å². The van der Waals surface area contributed by atoms with Gasteiger partial charge in [0, 0.05) is 21.4 Å². The van der Waals surface area contributed by atoms with Crippen LogP contribution in [0.25, 0.3) is 0 Å². The van der Waals surface area contributed by atoms with Crippen molar-refractivity contribution in [1.29, 1.82) is 0 Å². The molecule has 0 atom stereocenters. The Balaban J connectivity index is 4.18. The van der Waals surface area contributed by atoms with E-state index in [1.807, 2.05) is 0 Å². The molecule has 1 rings (SSSR count). The van der Waals surface area contributed by atoms with E-state index in [9.17, 15) is 28.7 Å². The summed E-state index contributed by atoms with van der Waals surface area (Å²) in [6.07, 6.45) is -0.637. The molecule has 0 bridgehead atoms. The van der Waals surface area contributed by atoms with Crippen LogP contribution in [0.4, 0.5) is 0 Å². The average Bonchev–Trinajstić information content (AvgIpc) is 2.58. The Kier molecular flexibility index (Phi) is 8.63. The number of benzene rings is 1. The molecule has 162 valence electrons. The van der Waals surface area contributed by atoms with Crippen molar-refractivity contribution in [3.63, 3.8) is 0 Å². The van der Waals surface area contributed by atoms with Crippen molar-refractivity contribution in [1.82, 2.24) is 0 Å². The van der Waals surface area contributed by atoms with Crippen LogP contribution in [-0.4, -0.2) is 0 Å². The summed E-state index contributed by atoms with van der Waals surface area (Å²) in [6.45, 7) is 5.89. The maximum atomic E-state index is 12.1. The minimum Gasteiger partial charge on any atom is -0.810 e. The van der Waals surface area contributed by atoms with E-state index in [4.69, 9.17) is 46.4 Å². The van der Waals surface area contributed by atoms with Crippen LogP contribution in [0.1, 0.15) is 64.5 Å². The lowest BCUT2D eigenvalue weighted by atomic mass is 9.87. The van der Waals surface area contributed by atoms with Gasteiger partial charge in [-0.3, -0.25) is 0 Å². The first-order chi connectivity index (χ1) is 12.6. The van der Waals surface area contributed by atoms with Gasteiger partial charge < -0.3 is 28.7 Å². The molecule has 6 nitrogen and oxygen atoms in total. The molecule has 0 aliphatic carbocycles. The third-order valence-corrected chi connectivity index (χ3v) is 11.1. The Morgan fingerprint density at radius 2 is 0.786 bits per heavy atom. The third-order valence-electron chi connectivity index (χ3n) is 5.58. The molecule has 28 heavy (non-hydrogen) atoms. The molecule has 0 aromatic heterocycles. The Labute approximate surface area is 184 Å². The molecule has 0 saturated heterocycles. The van der Waals surface area contributed by atoms with E-state index in [0.717, 1.165) is 0 Å². The van der Waals surface area contributed by atoms with Crippen molar-refractivity contribution >= 4 is 61.6 Å². The maximum absolute atomic E-state index is 12.1. The Morgan fingerprint density at radius 3 is 0.893 bits per heavy atom. The van der Waals surface area contributed by atoms with E-state index in [0.29, 0.717) is 0 Å². The van der Waals surface area contributed by atoms with Gasteiger partial charge in [0.1, 0.15) is 0 Å².